The van der Waals surface area contributed by atoms with Gasteiger partial charge in [0.2, 0.25) is 10.0 Å². The first-order valence-electron chi connectivity index (χ1n) is 6.82. The molecule has 0 saturated carbocycles. The maximum Gasteiger partial charge on any atom is 0.218 e. The predicted octanol–water partition coefficient (Wildman–Crippen LogP) is 0.956. The Kier molecular flexibility index (Phi) is 5.15. The van der Waals surface area contributed by atoms with E-state index in [2.05, 4.69) is 5.32 Å². The third-order valence-electron chi connectivity index (χ3n) is 3.42. The van der Waals surface area contributed by atoms with Crippen LogP contribution in [0.2, 0.25) is 0 Å². The highest BCUT2D eigenvalue weighted by Crippen LogP contribution is 2.17. The molecule has 5 nitrogen and oxygen atoms in total. The molecular weight excluding hydrogens is 276 g/mol. The van der Waals surface area contributed by atoms with Crippen molar-refractivity contribution >= 4 is 10.0 Å². The summed E-state index contributed by atoms with van der Waals surface area (Å²) in [5, 5.41) is 3.07. The van der Waals surface area contributed by atoms with Gasteiger partial charge in [0.05, 0.1) is 19.0 Å². The molecule has 1 aliphatic rings. The zero-order chi connectivity index (χ0) is 14.6. The molecular formula is C14H22N2O3S. The van der Waals surface area contributed by atoms with Crippen molar-refractivity contribution in [1.29, 1.82) is 0 Å². The van der Waals surface area contributed by atoms with Crippen LogP contribution in [0.1, 0.15) is 18.1 Å². The number of sulfonamides is 1. The minimum Gasteiger partial charge on any atom is -0.378 e. The van der Waals surface area contributed by atoms with E-state index in [4.69, 9.17) is 4.74 Å². The molecule has 6 heteroatoms. The van der Waals surface area contributed by atoms with Crippen molar-refractivity contribution in [3.05, 3.63) is 35.4 Å². The van der Waals surface area contributed by atoms with Crippen LogP contribution in [0.3, 0.4) is 0 Å². The van der Waals surface area contributed by atoms with Crippen LogP contribution in [0.5, 0.6) is 0 Å². The molecule has 0 amide bonds. The molecule has 112 valence electrons. The highest BCUT2D eigenvalue weighted by atomic mass is 32.2. The van der Waals surface area contributed by atoms with Gasteiger partial charge >= 0.3 is 0 Å². The number of benzene rings is 1. The third kappa shape index (κ3) is 3.79. The molecule has 1 aromatic carbocycles. The van der Waals surface area contributed by atoms with Crippen LogP contribution in [0.15, 0.2) is 24.3 Å². The summed E-state index contributed by atoms with van der Waals surface area (Å²) in [6.45, 7) is 4.06. The molecule has 1 atom stereocenters. The maximum absolute atomic E-state index is 12.4. The zero-order valence-corrected chi connectivity index (χ0v) is 12.8. The van der Waals surface area contributed by atoms with Gasteiger partial charge in [0.1, 0.15) is 0 Å². The van der Waals surface area contributed by atoms with Crippen molar-refractivity contribution < 1.29 is 13.2 Å². The van der Waals surface area contributed by atoms with E-state index in [-0.39, 0.29) is 11.8 Å². The molecule has 1 fully saturated rings. The van der Waals surface area contributed by atoms with Gasteiger partial charge in [0.25, 0.3) is 0 Å². The first-order chi connectivity index (χ1) is 9.53. The number of rotatable bonds is 5. The Morgan fingerprint density at radius 3 is 2.55 bits per heavy atom. The van der Waals surface area contributed by atoms with Crippen LogP contribution in [-0.4, -0.2) is 45.6 Å². The highest BCUT2D eigenvalue weighted by molar-refractivity contribution is 7.88. The second kappa shape index (κ2) is 6.67. The average Bonchev–Trinajstić information content (AvgIpc) is 2.41. The summed E-state index contributed by atoms with van der Waals surface area (Å²) in [6, 6.07) is 7.61. The first-order valence-corrected chi connectivity index (χ1v) is 8.43. The Hall–Kier alpha value is -0.950. The monoisotopic (exact) mass is 298 g/mol. The predicted molar refractivity (Wildman–Crippen MR) is 78.8 cm³/mol. The van der Waals surface area contributed by atoms with Gasteiger partial charge in [0.15, 0.2) is 0 Å². The molecule has 1 aliphatic heterocycles. The zero-order valence-electron chi connectivity index (χ0n) is 12.0. The molecule has 1 unspecified atom stereocenters. The Bertz CT molecular complexity index is 528. The number of ether oxygens (including phenoxy) is 1. The Balaban J connectivity index is 2.07. The number of nitrogens with zero attached hydrogens (tertiary/aromatic N) is 1. The van der Waals surface area contributed by atoms with E-state index >= 15 is 0 Å². The van der Waals surface area contributed by atoms with Crippen molar-refractivity contribution in [2.45, 2.75) is 25.3 Å². The molecule has 1 saturated heterocycles. The Morgan fingerprint density at radius 2 is 1.95 bits per heavy atom. The van der Waals surface area contributed by atoms with Crippen molar-refractivity contribution in [1.82, 2.24) is 9.62 Å². The summed E-state index contributed by atoms with van der Waals surface area (Å²) in [7, 11) is -1.39. The van der Waals surface area contributed by atoms with Crippen LogP contribution in [0.4, 0.5) is 0 Å². The minimum absolute atomic E-state index is 0.0528. The molecule has 0 aliphatic carbocycles. The van der Waals surface area contributed by atoms with Gasteiger partial charge in [0, 0.05) is 19.1 Å². The quantitative estimate of drug-likeness (QED) is 0.879. The van der Waals surface area contributed by atoms with Crippen molar-refractivity contribution in [2.24, 2.45) is 0 Å². The summed E-state index contributed by atoms with van der Waals surface area (Å²) in [6.07, 6.45) is 0. The van der Waals surface area contributed by atoms with Gasteiger partial charge in [-0.15, -0.1) is 0 Å². The molecule has 1 heterocycles. The second-order valence-electron chi connectivity index (χ2n) is 5.14. The highest BCUT2D eigenvalue weighted by Gasteiger charge is 2.29. The number of nitrogens with one attached hydrogen (secondary N) is 1. The third-order valence-corrected chi connectivity index (χ3v) is 5.37. The van der Waals surface area contributed by atoms with E-state index in [0.717, 1.165) is 17.7 Å². The SMILES string of the molecule is CNCc1ccc(CS(=O)(=O)N2CCOCC2C)cc1. The van der Waals surface area contributed by atoms with Gasteiger partial charge in [-0.05, 0) is 25.1 Å². The van der Waals surface area contributed by atoms with E-state index in [9.17, 15) is 8.42 Å². The fourth-order valence-corrected chi connectivity index (χ4v) is 4.12. The van der Waals surface area contributed by atoms with Crippen LogP contribution < -0.4 is 5.32 Å². The molecule has 0 aromatic heterocycles. The lowest BCUT2D eigenvalue weighted by Gasteiger charge is -2.32. The van der Waals surface area contributed by atoms with Crippen LogP contribution in [0.25, 0.3) is 0 Å². The van der Waals surface area contributed by atoms with E-state index < -0.39 is 10.0 Å². The lowest BCUT2D eigenvalue weighted by atomic mass is 10.1. The van der Waals surface area contributed by atoms with Gasteiger partial charge in [-0.2, -0.15) is 4.31 Å². The van der Waals surface area contributed by atoms with Gasteiger partial charge in [-0.3, -0.25) is 0 Å². The fraction of sp³-hybridized carbons (Fsp3) is 0.571. The smallest absolute Gasteiger partial charge is 0.218 e. The lowest BCUT2D eigenvalue weighted by molar-refractivity contribution is 0.0392. The Morgan fingerprint density at radius 1 is 1.30 bits per heavy atom. The summed E-state index contributed by atoms with van der Waals surface area (Å²) < 4.78 is 31.7. The first kappa shape index (κ1) is 15.4. The molecule has 1 N–H and O–H groups in total. The van der Waals surface area contributed by atoms with Crippen LogP contribution in [0, 0.1) is 0 Å². The van der Waals surface area contributed by atoms with E-state index in [1.54, 1.807) is 4.31 Å². The largest absolute Gasteiger partial charge is 0.378 e. The minimum atomic E-state index is -3.27. The summed E-state index contributed by atoms with van der Waals surface area (Å²) in [4.78, 5) is 0. The van der Waals surface area contributed by atoms with Crippen LogP contribution in [-0.2, 0) is 27.1 Å². The van der Waals surface area contributed by atoms with E-state index in [1.165, 1.54) is 0 Å². The number of morpholine rings is 1. The summed E-state index contributed by atoms with van der Waals surface area (Å²) in [5.41, 5.74) is 1.97. The average molecular weight is 298 g/mol. The maximum atomic E-state index is 12.4. The van der Waals surface area contributed by atoms with Gasteiger partial charge in [-0.25, -0.2) is 8.42 Å². The van der Waals surface area contributed by atoms with Crippen molar-refractivity contribution in [3.63, 3.8) is 0 Å². The molecule has 2 rings (SSSR count). The van der Waals surface area contributed by atoms with Crippen molar-refractivity contribution in [2.75, 3.05) is 26.8 Å². The lowest BCUT2D eigenvalue weighted by Crippen LogP contribution is -2.47. The van der Waals surface area contributed by atoms with Gasteiger partial charge < -0.3 is 10.1 Å². The van der Waals surface area contributed by atoms with E-state index in [0.29, 0.717) is 19.8 Å². The van der Waals surface area contributed by atoms with Crippen LogP contribution >= 0.6 is 0 Å². The molecule has 0 bridgehead atoms. The molecule has 0 spiro atoms. The second-order valence-corrected chi connectivity index (χ2v) is 7.06. The standard InChI is InChI=1S/C14H22N2O3S/c1-12-10-19-8-7-16(12)20(17,18)11-14-5-3-13(4-6-14)9-15-2/h3-6,12,15H,7-11H2,1-2H3. The number of hydrogen-bond acceptors (Lipinski definition) is 4. The molecule has 0 radical (unpaired) electrons. The van der Waals surface area contributed by atoms with Gasteiger partial charge in [-0.1, -0.05) is 24.3 Å². The number of hydrogen-bond donors (Lipinski definition) is 1. The molecule has 20 heavy (non-hydrogen) atoms. The fourth-order valence-electron chi connectivity index (χ4n) is 2.38. The molecule has 1 aromatic rings. The Labute approximate surface area is 121 Å². The van der Waals surface area contributed by atoms with Crippen molar-refractivity contribution in [3.8, 4) is 0 Å². The summed E-state index contributed by atoms with van der Waals surface area (Å²) >= 11 is 0. The normalized spacial score (nSPS) is 21.0. The topological polar surface area (TPSA) is 58.6 Å². The summed E-state index contributed by atoms with van der Waals surface area (Å²) in [5.74, 6) is 0.0528. The van der Waals surface area contributed by atoms with E-state index in [1.807, 2.05) is 38.2 Å².